The Hall–Kier alpha value is -4.64. The Morgan fingerprint density at radius 3 is 2.33 bits per heavy atom. The van der Waals surface area contributed by atoms with Gasteiger partial charge < -0.3 is 35.6 Å². The Balaban J connectivity index is 1.65. The number of hydrogen-bond acceptors (Lipinski definition) is 11. The van der Waals surface area contributed by atoms with Crippen LogP contribution < -0.4 is 10.6 Å². The molecule has 0 saturated carbocycles. The number of thioether (sulfide) groups is 1. The van der Waals surface area contributed by atoms with Crippen molar-refractivity contribution >= 4 is 53.4 Å². The van der Waals surface area contributed by atoms with Crippen LogP contribution in [0.4, 0.5) is 4.79 Å². The number of carbonyl (C=O) groups excluding carboxylic acids is 6. The number of likely N-dealkylation sites (N-methyl/N-ethyl adjacent to an activating group) is 1. The molecule has 5 N–H and O–H groups in total. The fraction of sp³-hybridized carbons (Fsp3) is 0.423. The Bertz CT molecular complexity index is 1400. The Morgan fingerprint density at radius 2 is 1.74 bits per heavy atom. The van der Waals surface area contributed by atoms with Crippen LogP contribution in [0, 0.1) is 5.92 Å². The maximum absolute atomic E-state index is 13.7. The number of benzene rings is 1. The molecule has 16 nitrogen and oxygen atoms in total. The van der Waals surface area contributed by atoms with Gasteiger partial charge >= 0.3 is 29.8 Å². The van der Waals surface area contributed by atoms with Gasteiger partial charge in [-0.2, -0.15) is 0 Å². The lowest BCUT2D eigenvalue weighted by molar-refractivity contribution is -0.155. The monoisotopic (exact) mass is 619 g/mol. The van der Waals surface area contributed by atoms with Crippen molar-refractivity contribution in [2.24, 2.45) is 5.92 Å². The maximum atomic E-state index is 13.7. The summed E-state index contributed by atoms with van der Waals surface area (Å²) in [6.07, 6.45) is -1.70. The van der Waals surface area contributed by atoms with Crippen LogP contribution in [0.25, 0.3) is 0 Å². The summed E-state index contributed by atoms with van der Waals surface area (Å²) in [4.78, 5) is 91.4. The summed E-state index contributed by atoms with van der Waals surface area (Å²) >= 11 is 1.10. The highest BCUT2D eigenvalue weighted by Crippen LogP contribution is 2.44. The molecule has 230 valence electrons. The second kappa shape index (κ2) is 12.7. The van der Waals surface area contributed by atoms with Crippen LogP contribution in [0.1, 0.15) is 25.5 Å². The molecule has 0 spiro atoms. The molecule has 3 aliphatic rings. The lowest BCUT2D eigenvalue weighted by Crippen LogP contribution is -2.63. The first-order valence-corrected chi connectivity index (χ1v) is 14.1. The molecule has 0 aromatic heterocycles. The highest BCUT2D eigenvalue weighted by atomic mass is 32.2. The van der Waals surface area contributed by atoms with E-state index in [0.29, 0.717) is 4.90 Å². The minimum atomic E-state index is -1.70. The van der Waals surface area contributed by atoms with Crippen molar-refractivity contribution in [1.82, 2.24) is 25.3 Å². The minimum absolute atomic E-state index is 0.0796. The number of ether oxygens (including phenoxy) is 1. The zero-order valence-electron chi connectivity index (χ0n) is 23.0. The number of esters is 1. The van der Waals surface area contributed by atoms with Crippen molar-refractivity contribution in [3.8, 4) is 5.75 Å². The first-order valence-electron chi connectivity index (χ1n) is 13.1. The number of carbonyl (C=O) groups is 7. The molecule has 3 aliphatic heterocycles. The smallest absolute Gasteiger partial charge is 0.352 e. The highest BCUT2D eigenvalue weighted by Gasteiger charge is 2.54. The van der Waals surface area contributed by atoms with Crippen molar-refractivity contribution < 1.29 is 53.6 Å². The third-order valence-electron chi connectivity index (χ3n) is 7.07. The Morgan fingerprint density at radius 1 is 1.07 bits per heavy atom. The number of piperazine rings is 1. The predicted octanol–water partition coefficient (Wildman–Crippen LogP) is -1.30. The van der Waals surface area contributed by atoms with Crippen LogP contribution in [0.5, 0.6) is 5.75 Å². The van der Waals surface area contributed by atoms with E-state index >= 15 is 0 Å². The van der Waals surface area contributed by atoms with Gasteiger partial charge in [0, 0.05) is 37.9 Å². The number of β-lactam (4-membered cyclic amide) rings is 1. The number of phenols is 1. The number of rotatable bonds is 9. The van der Waals surface area contributed by atoms with Gasteiger partial charge in [0.25, 0.3) is 0 Å². The topological polar surface area (TPSA) is 223 Å². The third-order valence-corrected chi connectivity index (χ3v) is 8.43. The molecule has 17 heteroatoms. The van der Waals surface area contributed by atoms with Crippen molar-refractivity contribution in [3.63, 3.8) is 0 Å². The average Bonchev–Trinajstić information content (AvgIpc) is 2.96. The molecule has 43 heavy (non-hydrogen) atoms. The molecule has 1 aromatic carbocycles. The highest BCUT2D eigenvalue weighted by molar-refractivity contribution is 8.00. The number of hydrogen-bond donors (Lipinski definition) is 5. The summed E-state index contributed by atoms with van der Waals surface area (Å²) in [7, 11) is 0. The molecule has 3 heterocycles. The quantitative estimate of drug-likeness (QED) is 0.0942. The van der Waals surface area contributed by atoms with E-state index in [1.165, 1.54) is 29.2 Å². The fourth-order valence-corrected chi connectivity index (χ4v) is 6.29. The molecule has 0 bridgehead atoms. The summed E-state index contributed by atoms with van der Waals surface area (Å²) in [6, 6.07) is 2.42. The first-order chi connectivity index (χ1) is 20.4. The van der Waals surface area contributed by atoms with Crippen molar-refractivity contribution in [2.45, 2.75) is 31.5 Å². The van der Waals surface area contributed by atoms with E-state index in [9.17, 15) is 48.9 Å². The number of nitrogens with zero attached hydrogens (tertiary/aromatic N) is 3. The van der Waals surface area contributed by atoms with Crippen LogP contribution in [-0.4, -0.2) is 115 Å². The van der Waals surface area contributed by atoms with Gasteiger partial charge in [0.05, 0.1) is 17.9 Å². The molecule has 4 rings (SSSR count). The second-order valence-electron chi connectivity index (χ2n) is 9.69. The molecule has 2 fully saturated rings. The number of aliphatic hydroxyl groups is 1. The number of fused-ring (bicyclic) bond motifs is 1. The van der Waals surface area contributed by atoms with Gasteiger partial charge in [0.1, 0.15) is 17.5 Å². The van der Waals surface area contributed by atoms with E-state index in [4.69, 9.17) is 4.74 Å². The van der Waals surface area contributed by atoms with E-state index in [-0.39, 0.29) is 42.3 Å². The van der Waals surface area contributed by atoms with Crippen molar-refractivity contribution in [3.05, 3.63) is 41.1 Å². The van der Waals surface area contributed by atoms with Gasteiger partial charge in [-0.05, 0) is 24.6 Å². The second-order valence-corrected chi connectivity index (χ2v) is 10.8. The number of carboxylic acids is 1. The molecule has 2 unspecified atom stereocenters. The van der Waals surface area contributed by atoms with Gasteiger partial charge in [-0.1, -0.05) is 12.1 Å². The van der Waals surface area contributed by atoms with E-state index in [1.807, 2.05) is 0 Å². The molecule has 0 aliphatic carbocycles. The fourth-order valence-electron chi connectivity index (χ4n) is 4.86. The molecular weight excluding hydrogens is 590 g/mol. The number of amides is 6. The average molecular weight is 620 g/mol. The summed E-state index contributed by atoms with van der Waals surface area (Å²) in [5.41, 5.74) is -0.534. The number of urea groups is 1. The van der Waals surface area contributed by atoms with E-state index in [0.717, 1.165) is 23.6 Å². The molecule has 2 saturated heterocycles. The number of aliphatic carboxylic acids is 1. The molecule has 1 aromatic rings. The lowest BCUT2D eigenvalue weighted by Gasteiger charge is -2.49. The number of aromatic hydroxyl groups is 1. The van der Waals surface area contributed by atoms with Crippen LogP contribution in [0.15, 0.2) is 35.5 Å². The first kappa shape index (κ1) is 31.3. The van der Waals surface area contributed by atoms with Crippen LogP contribution in [0.3, 0.4) is 0 Å². The Labute approximate surface area is 248 Å². The van der Waals surface area contributed by atoms with Gasteiger partial charge in [0.15, 0.2) is 0 Å². The number of nitrogens with one attached hydrogen (secondary N) is 2. The van der Waals surface area contributed by atoms with Crippen molar-refractivity contribution in [1.29, 1.82) is 0 Å². The number of carboxylic acid groups (broad SMARTS) is 1. The zero-order chi connectivity index (χ0) is 31.6. The Kier molecular flexibility index (Phi) is 9.24. The summed E-state index contributed by atoms with van der Waals surface area (Å²) < 4.78 is 5.26. The lowest BCUT2D eigenvalue weighted by atomic mass is 9.96. The van der Waals surface area contributed by atoms with Gasteiger partial charge in [-0.15, -0.1) is 11.8 Å². The molecule has 4 atom stereocenters. The normalized spacial score (nSPS) is 21.5. The van der Waals surface area contributed by atoms with Gasteiger partial charge in [-0.25, -0.2) is 9.59 Å². The SMILES string of the molecule is CCN1CCN(C(=O)NC(C(=O)NC(OC(C)=O)C2=C(C(=O)O)N3C(=O)[C@H](CO)[C@H]3SC2)c2ccc(O)cc2)C(=O)C1=O. The van der Waals surface area contributed by atoms with Crippen LogP contribution in [-0.2, 0) is 33.5 Å². The number of imide groups is 1. The maximum Gasteiger partial charge on any atom is 0.352 e. The number of aliphatic hydroxyl groups excluding tert-OH is 1. The van der Waals surface area contributed by atoms with E-state index in [2.05, 4.69) is 10.6 Å². The zero-order valence-corrected chi connectivity index (χ0v) is 23.8. The summed E-state index contributed by atoms with van der Waals surface area (Å²) in [5.74, 6) is -7.16. The van der Waals surface area contributed by atoms with E-state index in [1.54, 1.807) is 6.92 Å². The van der Waals surface area contributed by atoms with Crippen LogP contribution in [0.2, 0.25) is 0 Å². The largest absolute Gasteiger partial charge is 0.508 e. The van der Waals surface area contributed by atoms with Crippen molar-refractivity contribution in [2.75, 3.05) is 32.0 Å². The molecular formula is C26H29N5O11S. The summed E-state index contributed by atoms with van der Waals surface area (Å²) in [6.45, 7) is 2.40. The molecule has 6 amide bonds. The molecule has 0 radical (unpaired) electrons. The standard InChI is InChI=1S/C26H29N5O11S/c1-3-29-8-9-30(23(38)22(29)37)26(41)27-17(13-4-6-14(34)7-5-13)19(35)28-20(42-12(2)33)16-11-43-24-15(10-32)21(36)31(24)18(16)25(39)40/h4-7,15,17,20,24,32,34H,3,8-11H2,1-2H3,(H,27,41)(H,28,35)(H,39,40)/t15-,17?,20?,24+/m0/s1. The van der Waals surface area contributed by atoms with Gasteiger partial charge in [0.2, 0.25) is 18.0 Å². The minimum Gasteiger partial charge on any atom is -0.508 e. The number of phenolic OH excluding ortho intramolecular Hbond substituents is 1. The van der Waals surface area contributed by atoms with Gasteiger partial charge in [-0.3, -0.25) is 33.8 Å². The van der Waals surface area contributed by atoms with E-state index < -0.39 is 77.5 Å². The summed E-state index contributed by atoms with van der Waals surface area (Å²) in [5, 5.41) is 33.3. The predicted molar refractivity (Wildman–Crippen MR) is 145 cm³/mol. The third kappa shape index (κ3) is 6.12. The van der Waals surface area contributed by atoms with Crippen LogP contribution >= 0.6 is 11.8 Å².